The van der Waals surface area contributed by atoms with Gasteiger partial charge in [-0.1, -0.05) is 31.9 Å². The van der Waals surface area contributed by atoms with Crippen molar-refractivity contribution in [3.8, 4) is 0 Å². The van der Waals surface area contributed by atoms with Gasteiger partial charge >= 0.3 is 0 Å². The van der Waals surface area contributed by atoms with Gasteiger partial charge < -0.3 is 4.79 Å². The molecule has 1 aromatic rings. The number of carbonyl (C=O) groups excluding carboxylic acids is 1. The van der Waals surface area contributed by atoms with Gasteiger partial charge in [0.1, 0.15) is 10.5 Å². The van der Waals surface area contributed by atoms with Crippen LogP contribution in [0.1, 0.15) is 20.3 Å². The van der Waals surface area contributed by atoms with Crippen LogP contribution in [0.3, 0.4) is 0 Å². The summed E-state index contributed by atoms with van der Waals surface area (Å²) in [5.41, 5.74) is 0. The van der Waals surface area contributed by atoms with Crippen molar-refractivity contribution in [1.29, 1.82) is 0 Å². The van der Waals surface area contributed by atoms with Crippen LogP contribution in [0.2, 0.25) is 4.34 Å². The molecule has 96 valence electrons. The summed E-state index contributed by atoms with van der Waals surface area (Å²) in [6.45, 7) is 3.72. The highest BCUT2D eigenvalue weighted by atomic mass is 35.5. The molecule has 0 aliphatic carbocycles. The summed E-state index contributed by atoms with van der Waals surface area (Å²) in [5.74, 6) is -0.0438. The van der Waals surface area contributed by atoms with Crippen LogP contribution in [0.5, 0.6) is 0 Å². The number of nitrogens with one attached hydrogen (secondary N) is 1. The molecule has 17 heavy (non-hydrogen) atoms. The van der Waals surface area contributed by atoms with Gasteiger partial charge in [0.25, 0.3) is 10.0 Å². The topological polar surface area (TPSA) is 63.2 Å². The lowest BCUT2D eigenvalue weighted by atomic mass is 10.0. The molecule has 4 nitrogen and oxygen atoms in total. The minimum atomic E-state index is -3.65. The van der Waals surface area contributed by atoms with E-state index in [1.54, 1.807) is 0 Å². The molecule has 0 bridgehead atoms. The van der Waals surface area contributed by atoms with Crippen molar-refractivity contribution in [2.24, 2.45) is 5.92 Å². The van der Waals surface area contributed by atoms with Crippen LogP contribution in [0, 0.1) is 5.92 Å². The van der Waals surface area contributed by atoms with Crippen LogP contribution >= 0.6 is 22.9 Å². The second kappa shape index (κ2) is 5.95. The third-order valence-corrected chi connectivity index (χ3v) is 5.69. The first-order valence-electron chi connectivity index (χ1n) is 5.13. The van der Waals surface area contributed by atoms with Crippen molar-refractivity contribution >= 4 is 39.2 Å². The maximum atomic E-state index is 11.9. The minimum Gasteiger partial charge on any atom is -0.302 e. The lowest BCUT2D eigenvalue weighted by Gasteiger charge is -2.17. The molecule has 0 fully saturated rings. The van der Waals surface area contributed by atoms with Crippen molar-refractivity contribution in [3.05, 3.63) is 16.5 Å². The number of hydrogen-bond acceptors (Lipinski definition) is 4. The van der Waals surface area contributed by atoms with Gasteiger partial charge in [0.2, 0.25) is 0 Å². The van der Waals surface area contributed by atoms with Crippen LogP contribution < -0.4 is 4.72 Å². The highest BCUT2D eigenvalue weighted by molar-refractivity contribution is 7.91. The molecule has 1 unspecified atom stereocenters. The molecule has 1 heterocycles. The lowest BCUT2D eigenvalue weighted by molar-refractivity contribution is -0.110. The summed E-state index contributed by atoms with van der Waals surface area (Å²) >= 11 is 6.65. The number of hydrogen-bond donors (Lipinski definition) is 1. The number of thiophene rings is 1. The SMILES string of the molecule is CCC(C)[C@@H](C=O)NS(=O)(=O)c1ccc(Cl)s1. The zero-order valence-electron chi connectivity index (χ0n) is 9.51. The van der Waals surface area contributed by atoms with E-state index in [-0.39, 0.29) is 10.1 Å². The van der Waals surface area contributed by atoms with Crippen LogP contribution in [0.25, 0.3) is 0 Å². The van der Waals surface area contributed by atoms with E-state index in [0.717, 1.165) is 17.8 Å². The molecule has 7 heteroatoms. The predicted octanol–water partition coefficient (Wildman–Crippen LogP) is 2.29. The van der Waals surface area contributed by atoms with Crippen LogP contribution in [-0.4, -0.2) is 20.7 Å². The number of rotatable bonds is 6. The van der Waals surface area contributed by atoms with Gasteiger partial charge in [0.15, 0.2) is 0 Å². The molecule has 0 radical (unpaired) electrons. The Morgan fingerprint density at radius 3 is 2.59 bits per heavy atom. The number of carbonyl (C=O) groups is 1. The van der Waals surface area contributed by atoms with Crippen molar-refractivity contribution in [2.75, 3.05) is 0 Å². The first kappa shape index (κ1) is 14.6. The Hall–Kier alpha value is -0.430. The van der Waals surface area contributed by atoms with E-state index in [1.807, 2.05) is 13.8 Å². The summed E-state index contributed by atoms with van der Waals surface area (Å²) in [7, 11) is -3.65. The molecule has 0 aliphatic heterocycles. The zero-order chi connectivity index (χ0) is 13.1. The van der Waals surface area contributed by atoms with Gasteiger partial charge in [-0.15, -0.1) is 11.3 Å². The molecule has 1 rings (SSSR count). The maximum absolute atomic E-state index is 11.9. The summed E-state index contributed by atoms with van der Waals surface area (Å²) < 4.78 is 26.7. The van der Waals surface area contributed by atoms with Gasteiger partial charge in [0, 0.05) is 0 Å². The van der Waals surface area contributed by atoms with Gasteiger partial charge in [-0.25, -0.2) is 8.42 Å². The summed E-state index contributed by atoms with van der Waals surface area (Å²) in [6, 6.07) is 2.24. The molecule has 1 aromatic heterocycles. The van der Waals surface area contributed by atoms with Crippen LogP contribution in [0.4, 0.5) is 0 Å². The molecule has 2 atom stereocenters. The molecular weight excluding hydrogens is 282 g/mol. The smallest absolute Gasteiger partial charge is 0.250 e. The highest BCUT2D eigenvalue weighted by Gasteiger charge is 2.24. The Labute approximate surface area is 110 Å². The first-order chi connectivity index (χ1) is 7.90. The fraction of sp³-hybridized carbons (Fsp3) is 0.500. The van der Waals surface area contributed by atoms with Crippen molar-refractivity contribution in [1.82, 2.24) is 4.72 Å². The average Bonchev–Trinajstić information content (AvgIpc) is 2.72. The van der Waals surface area contributed by atoms with E-state index in [4.69, 9.17) is 11.6 Å². The third kappa shape index (κ3) is 3.77. The van der Waals surface area contributed by atoms with E-state index in [2.05, 4.69) is 4.72 Å². The van der Waals surface area contributed by atoms with Crippen molar-refractivity contribution in [3.63, 3.8) is 0 Å². The quantitative estimate of drug-likeness (QED) is 0.819. The van der Waals surface area contributed by atoms with E-state index >= 15 is 0 Å². The van der Waals surface area contributed by atoms with Crippen LogP contribution in [-0.2, 0) is 14.8 Å². The summed E-state index contributed by atoms with van der Waals surface area (Å²) in [4.78, 5) is 10.9. The van der Waals surface area contributed by atoms with E-state index in [1.165, 1.54) is 12.1 Å². The lowest BCUT2D eigenvalue weighted by Crippen LogP contribution is -2.40. The van der Waals surface area contributed by atoms with Crippen molar-refractivity contribution < 1.29 is 13.2 Å². The second-order valence-corrected chi connectivity index (χ2v) is 7.38. The molecule has 1 N–H and O–H groups in total. The molecule has 0 saturated heterocycles. The Morgan fingerprint density at radius 2 is 2.18 bits per heavy atom. The number of sulfonamides is 1. The molecule has 0 aromatic carbocycles. The normalized spacial score (nSPS) is 15.5. The highest BCUT2D eigenvalue weighted by Crippen LogP contribution is 2.25. The molecule has 0 spiro atoms. The van der Waals surface area contributed by atoms with Gasteiger partial charge in [0.05, 0.1) is 10.4 Å². The standard InChI is InChI=1S/C10H14ClNO3S2/c1-3-7(2)8(6-13)12-17(14,15)10-5-4-9(11)16-10/h4-8,12H,3H2,1-2H3/t7?,8-/m1/s1. The Bertz CT molecular complexity index is 483. The fourth-order valence-corrected chi connectivity index (χ4v) is 3.99. The first-order valence-corrected chi connectivity index (χ1v) is 7.81. The number of halogens is 1. The Balaban J connectivity index is 2.89. The summed E-state index contributed by atoms with van der Waals surface area (Å²) in [6.07, 6.45) is 1.35. The van der Waals surface area contributed by atoms with Gasteiger partial charge in [-0.2, -0.15) is 4.72 Å². The largest absolute Gasteiger partial charge is 0.302 e. The van der Waals surface area contributed by atoms with Crippen LogP contribution in [0.15, 0.2) is 16.3 Å². The fourth-order valence-electron chi connectivity index (χ4n) is 1.21. The average molecular weight is 296 g/mol. The monoisotopic (exact) mass is 295 g/mol. The van der Waals surface area contributed by atoms with Gasteiger partial charge in [-0.3, -0.25) is 0 Å². The Kier molecular flexibility index (Phi) is 5.12. The predicted molar refractivity (Wildman–Crippen MR) is 69.0 cm³/mol. The van der Waals surface area contributed by atoms with Gasteiger partial charge in [-0.05, 0) is 18.1 Å². The Morgan fingerprint density at radius 1 is 1.53 bits per heavy atom. The molecular formula is C10H14ClNO3S2. The van der Waals surface area contributed by atoms with Crippen molar-refractivity contribution in [2.45, 2.75) is 30.5 Å². The third-order valence-electron chi connectivity index (χ3n) is 2.51. The molecule has 0 aliphatic rings. The van der Waals surface area contributed by atoms with E-state index in [0.29, 0.717) is 10.6 Å². The van der Waals surface area contributed by atoms with E-state index < -0.39 is 16.1 Å². The number of aldehydes is 1. The maximum Gasteiger partial charge on any atom is 0.250 e. The molecule has 0 saturated carbocycles. The zero-order valence-corrected chi connectivity index (χ0v) is 11.9. The summed E-state index contributed by atoms with van der Waals surface area (Å²) in [5, 5.41) is 0. The molecule has 0 amide bonds. The van der Waals surface area contributed by atoms with E-state index in [9.17, 15) is 13.2 Å². The second-order valence-electron chi connectivity index (χ2n) is 3.73. The minimum absolute atomic E-state index is 0.0438.